The summed E-state index contributed by atoms with van der Waals surface area (Å²) in [6.45, 7) is 5.81. The zero-order chi connectivity index (χ0) is 13.2. The van der Waals surface area contributed by atoms with Crippen molar-refractivity contribution >= 4 is 5.91 Å². The first-order valence-electron chi connectivity index (χ1n) is 5.47. The average Bonchev–Trinajstić information content (AvgIpc) is 2.27. The highest BCUT2D eigenvalue weighted by Crippen LogP contribution is 2.12. The molecule has 0 saturated carbocycles. The second kappa shape index (κ2) is 4.71. The highest BCUT2D eigenvalue weighted by atomic mass is 16.2. The van der Waals surface area contributed by atoms with Crippen LogP contribution in [-0.4, -0.2) is 34.9 Å². The molecular formula is C12H19N3O2. The number of nitrogens with zero attached hydrogens (tertiary/aromatic N) is 1. The van der Waals surface area contributed by atoms with Crippen molar-refractivity contribution < 1.29 is 4.79 Å². The quantitative estimate of drug-likeness (QED) is 0.803. The third-order valence-electron chi connectivity index (χ3n) is 3.00. The van der Waals surface area contributed by atoms with Crippen LogP contribution in [0.5, 0.6) is 0 Å². The van der Waals surface area contributed by atoms with Gasteiger partial charge in [0.2, 0.25) is 0 Å². The molecule has 1 rings (SSSR count). The van der Waals surface area contributed by atoms with E-state index in [1.54, 1.807) is 14.0 Å². The van der Waals surface area contributed by atoms with Gasteiger partial charge in [0.1, 0.15) is 5.56 Å². The van der Waals surface area contributed by atoms with Crippen molar-refractivity contribution in [1.82, 2.24) is 9.88 Å². The van der Waals surface area contributed by atoms with Gasteiger partial charge >= 0.3 is 0 Å². The number of H-pyrrole nitrogens is 1. The third-order valence-corrected chi connectivity index (χ3v) is 3.00. The minimum atomic E-state index is -0.478. The summed E-state index contributed by atoms with van der Waals surface area (Å²) in [5, 5.41) is 0. The fourth-order valence-corrected chi connectivity index (χ4v) is 1.33. The number of aromatic nitrogens is 1. The molecule has 3 N–H and O–H groups in total. The molecule has 0 radical (unpaired) electrons. The van der Waals surface area contributed by atoms with E-state index in [1.807, 2.05) is 13.8 Å². The number of hydrogen-bond donors (Lipinski definition) is 2. The van der Waals surface area contributed by atoms with Gasteiger partial charge in [-0.2, -0.15) is 0 Å². The predicted molar refractivity (Wildman–Crippen MR) is 67.0 cm³/mol. The maximum atomic E-state index is 12.1. The van der Waals surface area contributed by atoms with Gasteiger partial charge in [-0.1, -0.05) is 0 Å². The Morgan fingerprint density at radius 1 is 1.53 bits per heavy atom. The summed E-state index contributed by atoms with van der Waals surface area (Å²) >= 11 is 0. The van der Waals surface area contributed by atoms with E-state index in [2.05, 4.69) is 4.98 Å². The average molecular weight is 237 g/mol. The fraction of sp³-hybridized carbons (Fsp3) is 0.500. The molecule has 0 fully saturated rings. The van der Waals surface area contributed by atoms with Gasteiger partial charge in [0.25, 0.3) is 5.91 Å². The second-order valence-corrected chi connectivity index (χ2v) is 4.77. The van der Waals surface area contributed by atoms with Crippen LogP contribution < -0.4 is 11.2 Å². The van der Waals surface area contributed by atoms with Crippen molar-refractivity contribution in [2.24, 2.45) is 5.73 Å². The van der Waals surface area contributed by atoms with Crippen molar-refractivity contribution in [1.29, 1.82) is 0 Å². The van der Waals surface area contributed by atoms with Gasteiger partial charge in [-0.3, -0.25) is 9.59 Å². The molecule has 0 saturated heterocycles. The molecule has 17 heavy (non-hydrogen) atoms. The Kier molecular flexibility index (Phi) is 3.72. The van der Waals surface area contributed by atoms with Crippen LogP contribution >= 0.6 is 0 Å². The highest BCUT2D eigenvalue weighted by molar-refractivity contribution is 5.94. The molecule has 5 nitrogen and oxygen atoms in total. The monoisotopic (exact) mass is 237 g/mol. The molecule has 1 aromatic rings. The number of aryl methyl sites for hydroxylation is 1. The molecule has 0 atom stereocenters. The molecule has 0 aliphatic heterocycles. The first-order valence-corrected chi connectivity index (χ1v) is 5.47. The number of nitrogens with two attached hydrogens (primary N) is 1. The number of pyridine rings is 1. The van der Waals surface area contributed by atoms with Gasteiger partial charge in [-0.25, -0.2) is 0 Å². The lowest BCUT2D eigenvalue weighted by molar-refractivity contribution is 0.0638. The van der Waals surface area contributed by atoms with Crippen LogP contribution in [0.25, 0.3) is 0 Å². The summed E-state index contributed by atoms with van der Waals surface area (Å²) in [5.41, 5.74) is 5.72. The van der Waals surface area contributed by atoms with Crippen molar-refractivity contribution in [3.05, 3.63) is 33.7 Å². The molecule has 1 heterocycles. The molecule has 0 spiro atoms. The van der Waals surface area contributed by atoms with Crippen molar-refractivity contribution in [2.75, 3.05) is 13.6 Å². The molecule has 0 aliphatic carbocycles. The fourth-order valence-electron chi connectivity index (χ4n) is 1.33. The zero-order valence-corrected chi connectivity index (χ0v) is 10.7. The summed E-state index contributed by atoms with van der Waals surface area (Å²) in [6.07, 6.45) is 1.45. The molecule has 0 aliphatic rings. The molecule has 0 unspecified atom stereocenters. The van der Waals surface area contributed by atoms with Gasteiger partial charge in [-0.15, -0.1) is 0 Å². The molecule has 1 aromatic heterocycles. The van der Waals surface area contributed by atoms with E-state index in [0.717, 1.165) is 5.69 Å². The molecule has 0 bridgehead atoms. The lowest BCUT2D eigenvalue weighted by atomic mass is 10.0. The van der Waals surface area contributed by atoms with Crippen LogP contribution in [0.3, 0.4) is 0 Å². The third kappa shape index (κ3) is 2.74. The molecule has 94 valence electrons. The van der Waals surface area contributed by atoms with Crippen LogP contribution in [0, 0.1) is 6.92 Å². The van der Waals surface area contributed by atoms with E-state index in [4.69, 9.17) is 5.73 Å². The number of aromatic amines is 1. The van der Waals surface area contributed by atoms with Crippen LogP contribution in [0.4, 0.5) is 0 Å². The number of carbonyl (C=O) groups excluding carboxylic acids is 1. The number of amides is 1. The van der Waals surface area contributed by atoms with E-state index in [0.29, 0.717) is 6.54 Å². The molecule has 0 aromatic carbocycles. The van der Waals surface area contributed by atoms with E-state index in [1.165, 1.54) is 17.2 Å². The van der Waals surface area contributed by atoms with E-state index in [9.17, 15) is 9.59 Å². The van der Waals surface area contributed by atoms with Crippen LogP contribution in [0.15, 0.2) is 17.1 Å². The molecule has 1 amide bonds. The number of hydrogen-bond acceptors (Lipinski definition) is 3. The van der Waals surface area contributed by atoms with Gasteiger partial charge in [0.15, 0.2) is 5.43 Å². The Morgan fingerprint density at radius 3 is 2.59 bits per heavy atom. The standard InChI is InChI=1S/C12H19N3O2/c1-8-5-10(16)9(6-14-8)11(17)15(4)12(2,3)7-13/h5-6H,7,13H2,1-4H3,(H,14,16). The van der Waals surface area contributed by atoms with Crippen molar-refractivity contribution in [3.63, 3.8) is 0 Å². The van der Waals surface area contributed by atoms with Crippen LogP contribution in [0.2, 0.25) is 0 Å². The first-order chi connectivity index (χ1) is 7.79. The SMILES string of the molecule is Cc1cc(=O)c(C(=O)N(C)C(C)(C)CN)c[nH]1. The van der Waals surface area contributed by atoms with Gasteiger partial charge < -0.3 is 15.6 Å². The van der Waals surface area contributed by atoms with E-state index >= 15 is 0 Å². The zero-order valence-electron chi connectivity index (χ0n) is 10.7. The predicted octanol–water partition coefficient (Wildman–Crippen LogP) is 0.493. The number of likely N-dealkylation sites (N-methyl/N-ethyl adjacent to an activating group) is 1. The Labute approximate surface area is 101 Å². The van der Waals surface area contributed by atoms with Gasteiger partial charge in [0, 0.05) is 37.1 Å². The summed E-state index contributed by atoms with van der Waals surface area (Å²) in [6, 6.07) is 1.41. The lowest BCUT2D eigenvalue weighted by Crippen LogP contribution is -2.50. The highest BCUT2D eigenvalue weighted by Gasteiger charge is 2.28. The normalized spacial score (nSPS) is 11.4. The Balaban J connectivity index is 3.09. The number of carbonyl (C=O) groups is 1. The van der Waals surface area contributed by atoms with Crippen molar-refractivity contribution in [3.8, 4) is 0 Å². The maximum absolute atomic E-state index is 12.1. The topological polar surface area (TPSA) is 79.2 Å². The minimum absolute atomic E-state index is 0.139. The smallest absolute Gasteiger partial charge is 0.259 e. The first kappa shape index (κ1) is 13.4. The van der Waals surface area contributed by atoms with Crippen molar-refractivity contribution in [2.45, 2.75) is 26.3 Å². The number of rotatable bonds is 3. The Morgan fingerprint density at radius 2 is 2.12 bits per heavy atom. The van der Waals surface area contributed by atoms with E-state index in [-0.39, 0.29) is 16.9 Å². The molecule has 5 heteroatoms. The van der Waals surface area contributed by atoms with Gasteiger partial charge in [0.05, 0.1) is 0 Å². The Bertz CT molecular complexity index is 477. The largest absolute Gasteiger partial charge is 0.364 e. The summed E-state index contributed by atoms with van der Waals surface area (Å²) in [5.74, 6) is -0.318. The van der Waals surface area contributed by atoms with Crippen LogP contribution in [0.1, 0.15) is 29.9 Å². The summed E-state index contributed by atoms with van der Waals surface area (Å²) in [7, 11) is 1.65. The maximum Gasteiger partial charge on any atom is 0.259 e. The minimum Gasteiger partial charge on any atom is -0.364 e. The van der Waals surface area contributed by atoms with E-state index < -0.39 is 5.54 Å². The van der Waals surface area contributed by atoms with Gasteiger partial charge in [-0.05, 0) is 20.8 Å². The molecular weight excluding hydrogens is 218 g/mol. The van der Waals surface area contributed by atoms with Crippen LogP contribution in [-0.2, 0) is 0 Å². The lowest BCUT2D eigenvalue weighted by Gasteiger charge is -2.34. The number of nitrogens with one attached hydrogen (secondary N) is 1. The summed E-state index contributed by atoms with van der Waals surface area (Å²) < 4.78 is 0. The summed E-state index contributed by atoms with van der Waals surface area (Å²) in [4.78, 5) is 28.2. The Hall–Kier alpha value is -1.62. The second-order valence-electron chi connectivity index (χ2n) is 4.77.